The van der Waals surface area contributed by atoms with Crippen LogP contribution in [0.15, 0.2) is 18.2 Å². The Labute approximate surface area is 80.8 Å². The lowest BCUT2D eigenvalue weighted by molar-refractivity contribution is -0.00346. The van der Waals surface area contributed by atoms with E-state index in [0.717, 1.165) is 12.1 Å². The van der Waals surface area contributed by atoms with Gasteiger partial charge < -0.3 is 5.11 Å². The number of β-amino-alcohol motifs (C(OH)–C–C–N with tert-alkyl or cyclic N) is 1. The van der Waals surface area contributed by atoms with Crippen molar-refractivity contribution in [3.05, 3.63) is 35.4 Å². The van der Waals surface area contributed by atoms with E-state index < -0.39 is 11.6 Å². The summed E-state index contributed by atoms with van der Waals surface area (Å²) >= 11 is 0. The molecule has 1 fully saturated rings. The van der Waals surface area contributed by atoms with Crippen LogP contribution in [-0.4, -0.2) is 29.2 Å². The molecular weight excluding hydrogens is 188 g/mol. The molecule has 14 heavy (non-hydrogen) atoms. The second-order valence-electron chi connectivity index (χ2n) is 3.58. The summed E-state index contributed by atoms with van der Waals surface area (Å²) in [6.07, 6.45) is -0.313. The van der Waals surface area contributed by atoms with Crippen LogP contribution < -0.4 is 0 Å². The maximum atomic E-state index is 13.1. The zero-order valence-corrected chi connectivity index (χ0v) is 7.58. The van der Waals surface area contributed by atoms with Gasteiger partial charge in [-0.25, -0.2) is 8.78 Å². The first-order chi connectivity index (χ1) is 6.65. The molecule has 0 bridgehead atoms. The van der Waals surface area contributed by atoms with E-state index in [1.54, 1.807) is 0 Å². The molecule has 4 heteroatoms. The number of benzene rings is 1. The Balaban J connectivity index is 2.05. The van der Waals surface area contributed by atoms with Crippen LogP contribution in [0.1, 0.15) is 5.56 Å². The number of aliphatic hydroxyl groups is 1. The number of halogens is 2. The molecule has 76 valence electrons. The molecule has 0 radical (unpaired) electrons. The fourth-order valence-electron chi connectivity index (χ4n) is 1.58. The third kappa shape index (κ3) is 1.91. The quantitative estimate of drug-likeness (QED) is 0.772. The van der Waals surface area contributed by atoms with E-state index >= 15 is 0 Å². The molecule has 0 spiro atoms. The molecule has 0 atom stereocenters. The predicted molar refractivity (Wildman–Crippen MR) is 47.6 cm³/mol. The van der Waals surface area contributed by atoms with Gasteiger partial charge in [0.2, 0.25) is 0 Å². The molecule has 1 aliphatic heterocycles. The third-order valence-corrected chi connectivity index (χ3v) is 2.34. The van der Waals surface area contributed by atoms with Gasteiger partial charge in [0.05, 0.1) is 6.10 Å². The van der Waals surface area contributed by atoms with Crippen molar-refractivity contribution in [3.63, 3.8) is 0 Å². The second kappa shape index (κ2) is 3.63. The van der Waals surface area contributed by atoms with Crippen molar-refractivity contribution in [2.45, 2.75) is 12.6 Å². The Morgan fingerprint density at radius 1 is 1.36 bits per heavy atom. The third-order valence-electron chi connectivity index (χ3n) is 2.34. The van der Waals surface area contributed by atoms with Crippen LogP contribution in [0.25, 0.3) is 0 Å². The van der Waals surface area contributed by atoms with Crippen molar-refractivity contribution in [2.24, 2.45) is 0 Å². The summed E-state index contributed by atoms with van der Waals surface area (Å²) in [7, 11) is 0. The van der Waals surface area contributed by atoms with Gasteiger partial charge in [-0.1, -0.05) is 0 Å². The fraction of sp³-hybridized carbons (Fsp3) is 0.400. The zero-order valence-electron chi connectivity index (χ0n) is 7.58. The number of nitrogens with zero attached hydrogens (tertiary/aromatic N) is 1. The van der Waals surface area contributed by atoms with Gasteiger partial charge in [-0.05, 0) is 18.2 Å². The molecule has 1 N–H and O–H groups in total. The first-order valence-electron chi connectivity index (χ1n) is 4.49. The average Bonchev–Trinajstić information content (AvgIpc) is 2.09. The smallest absolute Gasteiger partial charge is 0.127 e. The van der Waals surface area contributed by atoms with Crippen molar-refractivity contribution in [1.82, 2.24) is 4.90 Å². The first-order valence-corrected chi connectivity index (χ1v) is 4.49. The van der Waals surface area contributed by atoms with Gasteiger partial charge in [-0.2, -0.15) is 0 Å². The number of aliphatic hydroxyl groups excluding tert-OH is 1. The van der Waals surface area contributed by atoms with E-state index in [0.29, 0.717) is 25.2 Å². The summed E-state index contributed by atoms with van der Waals surface area (Å²) in [5.41, 5.74) is 0.344. The minimum Gasteiger partial charge on any atom is -0.390 e. The van der Waals surface area contributed by atoms with Crippen LogP contribution in [0.2, 0.25) is 0 Å². The van der Waals surface area contributed by atoms with Crippen molar-refractivity contribution in [1.29, 1.82) is 0 Å². The summed E-state index contributed by atoms with van der Waals surface area (Å²) in [6, 6.07) is 3.42. The molecular formula is C10H11F2NO. The molecule has 0 unspecified atom stereocenters. The molecule has 1 aromatic rings. The number of hydrogen-bond donors (Lipinski definition) is 1. The van der Waals surface area contributed by atoms with Crippen LogP contribution in [0, 0.1) is 11.6 Å². The molecule has 1 saturated heterocycles. The Hall–Kier alpha value is -1.00. The van der Waals surface area contributed by atoms with Gasteiger partial charge >= 0.3 is 0 Å². The van der Waals surface area contributed by atoms with Crippen LogP contribution >= 0.6 is 0 Å². The first kappa shape index (κ1) is 9.55. The largest absolute Gasteiger partial charge is 0.390 e. The molecule has 0 amide bonds. The molecule has 1 heterocycles. The van der Waals surface area contributed by atoms with Crippen LogP contribution in [0.4, 0.5) is 8.78 Å². The zero-order chi connectivity index (χ0) is 10.1. The van der Waals surface area contributed by atoms with E-state index in [2.05, 4.69) is 0 Å². The lowest BCUT2D eigenvalue weighted by atomic mass is 10.1. The lowest BCUT2D eigenvalue weighted by Gasteiger charge is -2.35. The summed E-state index contributed by atoms with van der Waals surface area (Å²) < 4.78 is 25.9. The topological polar surface area (TPSA) is 23.5 Å². The summed E-state index contributed by atoms with van der Waals surface area (Å²) in [6.45, 7) is 1.44. The Bertz CT molecular complexity index is 337. The minimum absolute atomic E-state index is 0.313. The fourth-order valence-corrected chi connectivity index (χ4v) is 1.58. The van der Waals surface area contributed by atoms with Gasteiger partial charge in [-0.15, -0.1) is 0 Å². The van der Waals surface area contributed by atoms with Gasteiger partial charge in [0.1, 0.15) is 11.6 Å². The Morgan fingerprint density at radius 3 is 2.71 bits per heavy atom. The van der Waals surface area contributed by atoms with Crippen molar-refractivity contribution in [2.75, 3.05) is 13.1 Å². The second-order valence-corrected chi connectivity index (χ2v) is 3.58. The maximum absolute atomic E-state index is 13.1. The number of hydrogen-bond acceptors (Lipinski definition) is 2. The molecule has 0 aliphatic carbocycles. The van der Waals surface area contributed by atoms with Crippen molar-refractivity contribution in [3.8, 4) is 0 Å². The predicted octanol–water partition coefficient (Wildman–Crippen LogP) is 1.14. The summed E-state index contributed by atoms with van der Waals surface area (Å²) in [5, 5.41) is 9.01. The normalized spacial score (nSPS) is 18.2. The van der Waals surface area contributed by atoms with Gasteiger partial charge in [0.15, 0.2) is 0 Å². The number of likely N-dealkylation sites (tertiary alicyclic amines) is 1. The molecule has 1 aromatic carbocycles. The Kier molecular flexibility index (Phi) is 2.48. The van der Waals surface area contributed by atoms with E-state index in [1.807, 2.05) is 4.90 Å². The van der Waals surface area contributed by atoms with Crippen LogP contribution in [0.5, 0.6) is 0 Å². The van der Waals surface area contributed by atoms with Gasteiger partial charge in [0.25, 0.3) is 0 Å². The monoisotopic (exact) mass is 199 g/mol. The standard InChI is InChI=1S/C10H11F2NO/c11-8-1-2-10(12)7(3-8)4-13-5-9(14)6-13/h1-3,9,14H,4-6H2. The SMILES string of the molecule is OC1CN(Cc2cc(F)ccc2F)C1. The van der Waals surface area contributed by atoms with Crippen molar-refractivity contribution < 1.29 is 13.9 Å². The summed E-state index contributed by atoms with van der Waals surface area (Å²) in [4.78, 5) is 1.86. The Morgan fingerprint density at radius 2 is 2.07 bits per heavy atom. The highest BCUT2D eigenvalue weighted by Gasteiger charge is 2.24. The van der Waals surface area contributed by atoms with Crippen LogP contribution in [-0.2, 0) is 6.54 Å². The van der Waals surface area contributed by atoms with Gasteiger partial charge in [0, 0.05) is 25.2 Å². The molecule has 0 aromatic heterocycles. The highest BCUT2D eigenvalue weighted by Crippen LogP contribution is 2.16. The highest BCUT2D eigenvalue weighted by atomic mass is 19.1. The molecule has 2 nitrogen and oxygen atoms in total. The lowest BCUT2D eigenvalue weighted by Crippen LogP contribution is -2.49. The van der Waals surface area contributed by atoms with E-state index in [4.69, 9.17) is 5.11 Å². The van der Waals surface area contributed by atoms with E-state index in [-0.39, 0.29) is 6.10 Å². The summed E-state index contributed by atoms with van der Waals surface area (Å²) in [5.74, 6) is -0.824. The van der Waals surface area contributed by atoms with Gasteiger partial charge in [-0.3, -0.25) is 4.90 Å². The molecule has 2 rings (SSSR count). The van der Waals surface area contributed by atoms with Crippen LogP contribution in [0.3, 0.4) is 0 Å². The van der Waals surface area contributed by atoms with Crippen molar-refractivity contribution >= 4 is 0 Å². The molecule has 1 aliphatic rings. The highest BCUT2D eigenvalue weighted by molar-refractivity contribution is 5.19. The van der Waals surface area contributed by atoms with E-state index in [9.17, 15) is 8.78 Å². The van der Waals surface area contributed by atoms with E-state index in [1.165, 1.54) is 6.07 Å². The maximum Gasteiger partial charge on any atom is 0.127 e. The molecule has 0 saturated carbocycles. The average molecular weight is 199 g/mol. The number of rotatable bonds is 2. The minimum atomic E-state index is -0.428.